The van der Waals surface area contributed by atoms with Crippen molar-refractivity contribution in [3.8, 4) is 5.75 Å². The lowest BCUT2D eigenvalue weighted by Crippen LogP contribution is -2.50. The van der Waals surface area contributed by atoms with Gasteiger partial charge >= 0.3 is 5.97 Å². The van der Waals surface area contributed by atoms with Crippen molar-refractivity contribution in [1.29, 1.82) is 0 Å². The zero-order chi connectivity index (χ0) is 29.2. The van der Waals surface area contributed by atoms with Crippen molar-refractivity contribution in [3.05, 3.63) is 30.0 Å². The van der Waals surface area contributed by atoms with Gasteiger partial charge in [0.2, 0.25) is 11.8 Å². The second kappa shape index (κ2) is 14.6. The second-order valence-corrected chi connectivity index (χ2v) is 10.9. The first-order valence-corrected chi connectivity index (χ1v) is 13.4. The Morgan fingerprint density at radius 3 is 2.46 bits per heavy atom. The Hall–Kier alpha value is -3.44. The summed E-state index contributed by atoms with van der Waals surface area (Å²) < 4.78 is 5.47. The Bertz CT molecular complexity index is 1130. The van der Waals surface area contributed by atoms with Gasteiger partial charge in [0.25, 0.3) is 0 Å². The van der Waals surface area contributed by atoms with Gasteiger partial charge in [0.15, 0.2) is 0 Å². The van der Waals surface area contributed by atoms with E-state index in [1.807, 2.05) is 25.1 Å². The van der Waals surface area contributed by atoms with Gasteiger partial charge < -0.3 is 37.3 Å². The van der Waals surface area contributed by atoms with Crippen LogP contribution >= 0.6 is 0 Å². The topological polar surface area (TPSA) is 182 Å². The van der Waals surface area contributed by atoms with Crippen molar-refractivity contribution in [3.63, 3.8) is 0 Å². The van der Waals surface area contributed by atoms with E-state index < -0.39 is 29.9 Å². The zero-order valence-corrected chi connectivity index (χ0v) is 23.7. The second-order valence-electron chi connectivity index (χ2n) is 10.9. The molecule has 11 heteroatoms. The fourth-order valence-electron chi connectivity index (χ4n) is 4.03. The van der Waals surface area contributed by atoms with Crippen LogP contribution in [0, 0.1) is 0 Å². The molecule has 216 valence electrons. The Morgan fingerprint density at radius 2 is 1.85 bits per heavy atom. The van der Waals surface area contributed by atoms with Crippen LogP contribution in [-0.2, 0) is 19.8 Å². The molecule has 0 fully saturated rings. The number of nitrogens with two attached hydrogens (primary N) is 2. The van der Waals surface area contributed by atoms with Crippen LogP contribution < -0.4 is 32.2 Å². The number of anilines is 1. The molecule has 1 heterocycles. The molecule has 39 heavy (non-hydrogen) atoms. The molecule has 1 aromatic heterocycles. The summed E-state index contributed by atoms with van der Waals surface area (Å²) in [5.41, 5.74) is 13.8. The van der Waals surface area contributed by atoms with E-state index in [2.05, 4.69) is 42.8 Å². The lowest BCUT2D eigenvalue weighted by atomic mass is 9.91. The number of fused-ring (bicyclic) bond motifs is 1. The summed E-state index contributed by atoms with van der Waals surface area (Å²) in [6.07, 6.45) is 1.91. The largest absolute Gasteiger partial charge is 0.497 e. The smallest absolute Gasteiger partial charge is 0.326 e. The van der Waals surface area contributed by atoms with Crippen molar-refractivity contribution < 1.29 is 24.2 Å². The highest BCUT2D eigenvalue weighted by Crippen LogP contribution is 2.31. The Labute approximate surface area is 230 Å². The van der Waals surface area contributed by atoms with Gasteiger partial charge in [-0.2, -0.15) is 0 Å². The number of methoxy groups -OCH3 is 1. The Balaban J connectivity index is 1.91. The van der Waals surface area contributed by atoms with E-state index >= 15 is 0 Å². The number of carboxylic acids is 1. The van der Waals surface area contributed by atoms with Crippen LogP contribution in [0.5, 0.6) is 5.75 Å². The highest BCUT2D eigenvalue weighted by atomic mass is 16.5. The molecule has 0 saturated heterocycles. The maximum Gasteiger partial charge on any atom is 0.326 e. The monoisotopic (exact) mass is 544 g/mol. The molecule has 0 aliphatic carbocycles. The summed E-state index contributed by atoms with van der Waals surface area (Å²) in [5.74, 6) is -1.64. The third-order valence-electron chi connectivity index (χ3n) is 6.37. The number of nitrogens with one attached hydrogen (secondary N) is 3. The van der Waals surface area contributed by atoms with Gasteiger partial charge in [-0.3, -0.25) is 14.6 Å². The fraction of sp³-hybridized carbons (Fsp3) is 0.571. The van der Waals surface area contributed by atoms with Gasteiger partial charge in [0.05, 0.1) is 30.8 Å². The predicted octanol–water partition coefficient (Wildman–Crippen LogP) is 2.26. The minimum atomic E-state index is -1.35. The number of ether oxygens (including phenoxy) is 1. The number of aliphatic carboxylic acids is 1. The minimum Gasteiger partial charge on any atom is -0.497 e. The van der Waals surface area contributed by atoms with Crippen LogP contribution in [0.3, 0.4) is 0 Å². The predicted molar refractivity (Wildman–Crippen MR) is 153 cm³/mol. The number of rotatable bonds is 15. The number of carboxylic acid groups (broad SMARTS) is 1. The van der Waals surface area contributed by atoms with Gasteiger partial charge in [0.1, 0.15) is 11.8 Å². The summed E-state index contributed by atoms with van der Waals surface area (Å²) in [4.78, 5) is 40.9. The highest BCUT2D eigenvalue weighted by molar-refractivity contribution is 5.92. The molecule has 0 spiro atoms. The average Bonchev–Trinajstić information content (AvgIpc) is 2.88. The zero-order valence-electron chi connectivity index (χ0n) is 23.7. The van der Waals surface area contributed by atoms with Gasteiger partial charge in [-0.15, -0.1) is 0 Å². The molecule has 3 atom stereocenters. The number of hydrogen-bond acceptors (Lipinski definition) is 8. The summed E-state index contributed by atoms with van der Waals surface area (Å²) in [5, 5.41) is 19.0. The standard InChI is InChI=1S/C28H44N6O5/c1-17(32-21-15-19(39-5)14-18-10-11-23(28(2,3)4)34-25(18)21)8-7-13-31-24(35)16-22(27(37)38)33-26(36)20(30)9-6-12-29/h10-11,14-15,17,20,22,32H,6-9,12-13,16,29-30H2,1-5H3,(H,31,35)(H,33,36)(H,37,38)/t17?,20-,22-/m0/s1. The van der Waals surface area contributed by atoms with E-state index in [9.17, 15) is 19.5 Å². The summed E-state index contributed by atoms with van der Waals surface area (Å²) in [7, 11) is 1.63. The number of benzene rings is 1. The van der Waals surface area contributed by atoms with E-state index in [4.69, 9.17) is 21.2 Å². The van der Waals surface area contributed by atoms with Gasteiger partial charge in [-0.1, -0.05) is 26.8 Å². The Kier molecular flexibility index (Phi) is 11.9. The summed E-state index contributed by atoms with van der Waals surface area (Å²) >= 11 is 0. The number of carbonyl (C=O) groups is 3. The summed E-state index contributed by atoms with van der Waals surface area (Å²) in [6.45, 7) is 9.17. The molecule has 1 aromatic carbocycles. The van der Waals surface area contributed by atoms with Crippen LogP contribution in [0.4, 0.5) is 5.69 Å². The normalized spacial score (nSPS) is 13.8. The molecule has 8 N–H and O–H groups in total. The molecule has 0 aliphatic heterocycles. The molecular formula is C28H44N6O5. The first kappa shape index (κ1) is 31.8. The molecule has 2 aromatic rings. The SMILES string of the molecule is COc1cc(NC(C)CCCNC(=O)C[C@H](NC(=O)[C@@H](N)CCCN)C(=O)O)c2nc(C(C)(C)C)ccc2c1. The number of pyridine rings is 1. The van der Waals surface area contributed by atoms with Crippen molar-refractivity contribution in [2.45, 2.75) is 83.3 Å². The maximum absolute atomic E-state index is 12.3. The quantitative estimate of drug-likeness (QED) is 0.183. The van der Waals surface area contributed by atoms with E-state index in [0.717, 1.165) is 34.5 Å². The maximum atomic E-state index is 12.3. The molecule has 0 bridgehead atoms. The minimum absolute atomic E-state index is 0.0679. The first-order chi connectivity index (χ1) is 18.3. The van der Waals surface area contributed by atoms with Crippen molar-refractivity contribution in [2.75, 3.05) is 25.5 Å². The molecule has 2 rings (SSSR count). The van der Waals surface area contributed by atoms with Crippen LogP contribution in [0.25, 0.3) is 10.9 Å². The number of amides is 2. The van der Waals surface area contributed by atoms with E-state index in [1.54, 1.807) is 7.11 Å². The molecule has 0 radical (unpaired) electrons. The van der Waals surface area contributed by atoms with E-state index in [0.29, 0.717) is 32.4 Å². The number of aromatic nitrogens is 1. The molecule has 0 aliphatic rings. The van der Waals surface area contributed by atoms with Crippen molar-refractivity contribution >= 4 is 34.4 Å². The first-order valence-electron chi connectivity index (χ1n) is 13.4. The number of nitrogens with zero attached hydrogens (tertiary/aromatic N) is 1. The molecular weight excluding hydrogens is 500 g/mol. The molecule has 1 unspecified atom stereocenters. The summed E-state index contributed by atoms with van der Waals surface area (Å²) in [6, 6.07) is 5.83. The van der Waals surface area contributed by atoms with Crippen LogP contribution in [0.15, 0.2) is 24.3 Å². The van der Waals surface area contributed by atoms with Crippen LogP contribution in [0.1, 0.15) is 65.5 Å². The van der Waals surface area contributed by atoms with Gasteiger partial charge in [-0.05, 0) is 51.3 Å². The van der Waals surface area contributed by atoms with Crippen LogP contribution in [-0.4, -0.2) is 66.2 Å². The fourth-order valence-corrected chi connectivity index (χ4v) is 4.03. The lowest BCUT2D eigenvalue weighted by molar-refractivity contribution is -0.143. The molecule has 0 saturated carbocycles. The van der Waals surface area contributed by atoms with Gasteiger partial charge in [-0.25, -0.2) is 4.79 Å². The Morgan fingerprint density at radius 1 is 1.13 bits per heavy atom. The van der Waals surface area contributed by atoms with Gasteiger partial charge in [0, 0.05) is 35.1 Å². The highest BCUT2D eigenvalue weighted by Gasteiger charge is 2.25. The van der Waals surface area contributed by atoms with Crippen molar-refractivity contribution in [1.82, 2.24) is 15.6 Å². The van der Waals surface area contributed by atoms with Crippen LogP contribution in [0.2, 0.25) is 0 Å². The number of carbonyl (C=O) groups excluding carboxylic acids is 2. The lowest BCUT2D eigenvalue weighted by Gasteiger charge is -2.21. The van der Waals surface area contributed by atoms with Crippen molar-refractivity contribution in [2.24, 2.45) is 11.5 Å². The average molecular weight is 545 g/mol. The molecule has 11 nitrogen and oxygen atoms in total. The van der Waals surface area contributed by atoms with E-state index in [-0.39, 0.29) is 17.9 Å². The third kappa shape index (κ3) is 9.99. The third-order valence-corrected chi connectivity index (χ3v) is 6.37. The molecule has 2 amide bonds. The number of hydrogen-bond donors (Lipinski definition) is 6. The van der Waals surface area contributed by atoms with E-state index in [1.165, 1.54) is 0 Å².